The summed E-state index contributed by atoms with van der Waals surface area (Å²) >= 11 is 0. The van der Waals surface area contributed by atoms with Crippen molar-refractivity contribution < 1.29 is 35.9 Å². The number of hydrogen-bond acceptors (Lipinski definition) is 8. The molecule has 230 valence electrons. The second kappa shape index (κ2) is 13.3. The van der Waals surface area contributed by atoms with Crippen molar-refractivity contribution in [2.24, 2.45) is 0 Å². The molecule has 0 aliphatic heterocycles. The number of anilines is 2. The van der Waals surface area contributed by atoms with Crippen LogP contribution in [0.1, 0.15) is 34.6 Å². The van der Waals surface area contributed by atoms with E-state index in [2.05, 4.69) is 10.6 Å². The molecule has 0 spiro atoms. The molecule has 2 N–H and O–H groups in total. The van der Waals surface area contributed by atoms with Crippen molar-refractivity contribution in [3.63, 3.8) is 0 Å². The van der Waals surface area contributed by atoms with Gasteiger partial charge in [-0.2, -0.15) is 0 Å². The summed E-state index contributed by atoms with van der Waals surface area (Å²) in [6.45, 7) is 3.11. The standard InChI is InChI=1S/C32H32N2O8S2/c1-5-43(37,38)25-13-7-21(8-14-25)31(35)33-27-17-11-23(19-29(27)41-3)24-12-18-28(30(20-24)42-4)34-32(36)22-9-15-26(16-10-22)44(39,40)6-2/h7-20H,5-6H2,1-4H3,(H,33,35)(H,34,36). The predicted octanol–water partition coefficient (Wildman–Crippen LogP) is 5.46. The lowest BCUT2D eigenvalue weighted by atomic mass is 10.0. The van der Waals surface area contributed by atoms with Gasteiger partial charge in [-0.1, -0.05) is 26.0 Å². The lowest BCUT2D eigenvalue weighted by Crippen LogP contribution is -2.13. The fourth-order valence-corrected chi connectivity index (χ4v) is 6.07. The van der Waals surface area contributed by atoms with Crippen molar-refractivity contribution >= 4 is 42.9 Å². The Balaban J connectivity index is 1.51. The van der Waals surface area contributed by atoms with Crippen LogP contribution in [0.4, 0.5) is 11.4 Å². The fourth-order valence-electron chi connectivity index (χ4n) is 4.30. The van der Waals surface area contributed by atoms with E-state index in [1.54, 1.807) is 50.2 Å². The van der Waals surface area contributed by atoms with E-state index >= 15 is 0 Å². The lowest BCUT2D eigenvalue weighted by molar-refractivity contribution is 0.101. The van der Waals surface area contributed by atoms with E-state index in [4.69, 9.17) is 9.47 Å². The van der Waals surface area contributed by atoms with Gasteiger partial charge in [-0.3, -0.25) is 9.59 Å². The number of hydrogen-bond donors (Lipinski definition) is 2. The monoisotopic (exact) mass is 636 g/mol. The summed E-state index contributed by atoms with van der Waals surface area (Å²) < 4.78 is 59.3. The number of amides is 2. The highest BCUT2D eigenvalue weighted by atomic mass is 32.2. The topological polar surface area (TPSA) is 145 Å². The Morgan fingerprint density at radius 2 is 0.909 bits per heavy atom. The lowest BCUT2D eigenvalue weighted by Gasteiger charge is -2.15. The highest BCUT2D eigenvalue weighted by Gasteiger charge is 2.17. The molecule has 0 aliphatic carbocycles. The van der Waals surface area contributed by atoms with Gasteiger partial charge in [0.1, 0.15) is 11.5 Å². The summed E-state index contributed by atoms with van der Waals surface area (Å²) in [6.07, 6.45) is 0. The van der Waals surface area contributed by atoms with Gasteiger partial charge in [0.25, 0.3) is 11.8 Å². The first-order chi connectivity index (χ1) is 20.9. The molecule has 0 saturated heterocycles. The number of methoxy groups -OCH3 is 2. The van der Waals surface area contributed by atoms with Gasteiger partial charge in [0.05, 0.1) is 46.9 Å². The van der Waals surface area contributed by atoms with Crippen LogP contribution in [-0.4, -0.2) is 54.4 Å². The zero-order chi connectivity index (χ0) is 32.1. The molecule has 44 heavy (non-hydrogen) atoms. The van der Waals surface area contributed by atoms with E-state index in [0.717, 1.165) is 11.1 Å². The van der Waals surface area contributed by atoms with Crippen molar-refractivity contribution in [3.05, 3.63) is 96.1 Å². The second-order valence-corrected chi connectivity index (χ2v) is 14.2. The highest BCUT2D eigenvalue weighted by molar-refractivity contribution is 7.91. The Bertz CT molecular complexity index is 1760. The number of carbonyl (C=O) groups excluding carboxylic acids is 2. The molecule has 4 aromatic rings. The van der Waals surface area contributed by atoms with Gasteiger partial charge in [0.15, 0.2) is 19.7 Å². The molecule has 10 nitrogen and oxygen atoms in total. The maximum absolute atomic E-state index is 12.9. The molecular weight excluding hydrogens is 604 g/mol. The van der Waals surface area contributed by atoms with E-state index in [1.165, 1.54) is 62.8 Å². The molecule has 0 radical (unpaired) electrons. The number of rotatable bonds is 11. The Kier molecular flexibility index (Phi) is 9.75. The zero-order valence-corrected chi connectivity index (χ0v) is 26.2. The van der Waals surface area contributed by atoms with Crippen LogP contribution in [0.3, 0.4) is 0 Å². The van der Waals surface area contributed by atoms with Gasteiger partial charge in [0, 0.05) is 11.1 Å². The van der Waals surface area contributed by atoms with Crippen molar-refractivity contribution in [1.29, 1.82) is 0 Å². The third-order valence-corrected chi connectivity index (χ3v) is 10.4. The van der Waals surface area contributed by atoms with Crippen LogP contribution < -0.4 is 20.1 Å². The molecule has 0 atom stereocenters. The van der Waals surface area contributed by atoms with Crippen molar-refractivity contribution in [3.8, 4) is 22.6 Å². The Morgan fingerprint density at radius 1 is 0.568 bits per heavy atom. The predicted molar refractivity (Wildman–Crippen MR) is 169 cm³/mol. The van der Waals surface area contributed by atoms with Crippen molar-refractivity contribution in [2.45, 2.75) is 23.6 Å². The van der Waals surface area contributed by atoms with Gasteiger partial charge in [0.2, 0.25) is 0 Å². The Labute approximate surface area is 256 Å². The van der Waals surface area contributed by atoms with Crippen LogP contribution in [-0.2, 0) is 19.7 Å². The molecule has 0 fully saturated rings. The first-order valence-electron chi connectivity index (χ1n) is 13.6. The molecule has 0 aromatic heterocycles. The zero-order valence-electron chi connectivity index (χ0n) is 24.6. The van der Waals surface area contributed by atoms with E-state index in [0.29, 0.717) is 22.9 Å². The van der Waals surface area contributed by atoms with Crippen LogP contribution >= 0.6 is 0 Å². The normalized spacial score (nSPS) is 11.5. The summed E-state index contributed by atoms with van der Waals surface area (Å²) in [7, 11) is -3.80. The van der Waals surface area contributed by atoms with Crippen LogP contribution in [0.15, 0.2) is 94.7 Å². The van der Waals surface area contributed by atoms with Crippen LogP contribution in [0.5, 0.6) is 11.5 Å². The molecule has 0 aliphatic rings. The summed E-state index contributed by atoms with van der Waals surface area (Å²) in [5, 5.41) is 5.59. The number of nitrogens with one attached hydrogen (secondary N) is 2. The average molecular weight is 637 g/mol. The fraction of sp³-hybridized carbons (Fsp3) is 0.188. The smallest absolute Gasteiger partial charge is 0.255 e. The first-order valence-corrected chi connectivity index (χ1v) is 16.9. The molecule has 4 aromatic carbocycles. The molecule has 2 amide bonds. The highest BCUT2D eigenvalue weighted by Crippen LogP contribution is 2.35. The molecule has 0 saturated carbocycles. The van der Waals surface area contributed by atoms with Crippen LogP contribution in [0.25, 0.3) is 11.1 Å². The molecular formula is C32H32N2O8S2. The van der Waals surface area contributed by atoms with Gasteiger partial charge in [-0.05, 0) is 83.9 Å². The second-order valence-electron chi connectivity index (χ2n) is 9.59. The Hall–Kier alpha value is -4.68. The summed E-state index contributed by atoms with van der Waals surface area (Å²) in [5.74, 6) is -0.139. The number of carbonyl (C=O) groups is 2. The molecule has 12 heteroatoms. The summed E-state index contributed by atoms with van der Waals surface area (Å²) in [4.78, 5) is 26.0. The minimum Gasteiger partial charge on any atom is -0.495 e. The number of ether oxygens (including phenoxy) is 2. The van der Waals surface area contributed by atoms with Gasteiger partial charge in [-0.25, -0.2) is 16.8 Å². The van der Waals surface area contributed by atoms with Gasteiger partial charge in [-0.15, -0.1) is 0 Å². The van der Waals surface area contributed by atoms with Crippen molar-refractivity contribution in [1.82, 2.24) is 0 Å². The quantitative estimate of drug-likeness (QED) is 0.221. The maximum atomic E-state index is 12.9. The molecule has 0 heterocycles. The number of benzene rings is 4. The molecule has 0 unspecified atom stereocenters. The molecule has 4 rings (SSSR count). The van der Waals surface area contributed by atoms with Crippen molar-refractivity contribution in [2.75, 3.05) is 36.4 Å². The average Bonchev–Trinajstić information content (AvgIpc) is 3.05. The summed E-state index contributed by atoms with van der Waals surface area (Å²) in [5.41, 5.74) is 2.90. The third kappa shape index (κ3) is 7.09. The van der Waals surface area contributed by atoms with Gasteiger partial charge < -0.3 is 20.1 Å². The first kappa shape index (κ1) is 32.2. The summed E-state index contributed by atoms with van der Waals surface area (Å²) in [6, 6.07) is 21.9. The van der Waals surface area contributed by atoms with Gasteiger partial charge >= 0.3 is 0 Å². The minimum atomic E-state index is -3.37. The van der Waals surface area contributed by atoms with Crippen LogP contribution in [0, 0.1) is 0 Å². The SMILES string of the molecule is CCS(=O)(=O)c1ccc(C(=O)Nc2ccc(-c3ccc(NC(=O)c4ccc(S(=O)(=O)CC)cc4)c(OC)c3)cc2OC)cc1. The van der Waals surface area contributed by atoms with E-state index in [-0.39, 0.29) is 32.4 Å². The molecule has 0 bridgehead atoms. The van der Waals surface area contributed by atoms with E-state index < -0.39 is 31.5 Å². The third-order valence-electron chi connectivity index (χ3n) is 6.94. The Morgan fingerprint density at radius 3 is 1.20 bits per heavy atom. The minimum absolute atomic E-state index is 0.0330. The largest absolute Gasteiger partial charge is 0.495 e. The van der Waals surface area contributed by atoms with Crippen LogP contribution in [0.2, 0.25) is 0 Å². The van der Waals surface area contributed by atoms with E-state index in [1.807, 2.05) is 0 Å². The number of sulfone groups is 2. The van der Waals surface area contributed by atoms with E-state index in [9.17, 15) is 26.4 Å². The maximum Gasteiger partial charge on any atom is 0.255 e.